The van der Waals surface area contributed by atoms with Gasteiger partial charge in [-0.3, -0.25) is 0 Å². The van der Waals surface area contributed by atoms with E-state index in [1.807, 2.05) is 24.3 Å². The maximum atomic E-state index is 5.73. The Labute approximate surface area is 123 Å². The third kappa shape index (κ3) is 2.00. The summed E-state index contributed by atoms with van der Waals surface area (Å²) in [7, 11) is 0. The van der Waals surface area contributed by atoms with Crippen molar-refractivity contribution in [1.82, 2.24) is 9.97 Å². The minimum Gasteiger partial charge on any atom is -0.490 e. The monoisotopic (exact) mass is 277 g/mol. The summed E-state index contributed by atoms with van der Waals surface area (Å²) in [6, 6.07) is 14.3. The fourth-order valence-electron chi connectivity index (χ4n) is 2.76. The predicted octanol–water partition coefficient (Wildman–Crippen LogP) is 3.47. The van der Waals surface area contributed by atoms with Crippen molar-refractivity contribution >= 4 is 22.4 Å². The van der Waals surface area contributed by atoms with Crippen LogP contribution in [-0.2, 0) is 0 Å². The van der Waals surface area contributed by atoms with Crippen molar-refractivity contribution in [3.05, 3.63) is 54.4 Å². The van der Waals surface area contributed by atoms with E-state index >= 15 is 0 Å². The standard InChI is InChI=1S/C17H15N3O/c1-12-6-7-14-13(10-12)17(19-11-18-14)20-8-9-21-16-5-3-2-4-15(16)20/h2-7,10-11H,8-9H2,1H3. The number of aromatic nitrogens is 2. The van der Waals surface area contributed by atoms with Crippen LogP contribution in [0.3, 0.4) is 0 Å². The lowest BCUT2D eigenvalue weighted by molar-refractivity contribution is 0.314. The molecule has 0 aliphatic carbocycles. The van der Waals surface area contributed by atoms with E-state index in [-0.39, 0.29) is 0 Å². The summed E-state index contributed by atoms with van der Waals surface area (Å²) in [5.74, 6) is 1.85. The fraction of sp³-hybridized carbons (Fsp3) is 0.176. The second-order valence-corrected chi connectivity index (χ2v) is 5.19. The zero-order chi connectivity index (χ0) is 14.2. The zero-order valence-electron chi connectivity index (χ0n) is 11.8. The van der Waals surface area contributed by atoms with Crippen LogP contribution in [0.25, 0.3) is 10.9 Å². The van der Waals surface area contributed by atoms with Gasteiger partial charge in [-0.1, -0.05) is 23.8 Å². The van der Waals surface area contributed by atoms with Gasteiger partial charge in [0.25, 0.3) is 0 Å². The lowest BCUT2D eigenvalue weighted by Crippen LogP contribution is -2.29. The average Bonchev–Trinajstić information content (AvgIpc) is 2.54. The molecule has 2 aromatic carbocycles. The van der Waals surface area contributed by atoms with Gasteiger partial charge in [-0.25, -0.2) is 9.97 Å². The first-order valence-corrected chi connectivity index (χ1v) is 7.04. The van der Waals surface area contributed by atoms with E-state index in [1.165, 1.54) is 5.56 Å². The number of anilines is 2. The molecule has 0 N–H and O–H groups in total. The molecule has 0 saturated carbocycles. The quantitative estimate of drug-likeness (QED) is 0.682. The van der Waals surface area contributed by atoms with E-state index in [9.17, 15) is 0 Å². The molecule has 1 aliphatic rings. The first-order chi connectivity index (χ1) is 10.3. The molecule has 0 bridgehead atoms. The second-order valence-electron chi connectivity index (χ2n) is 5.19. The van der Waals surface area contributed by atoms with Crippen molar-refractivity contribution in [3.63, 3.8) is 0 Å². The van der Waals surface area contributed by atoms with Crippen LogP contribution in [0.1, 0.15) is 5.56 Å². The second kappa shape index (κ2) is 4.74. The van der Waals surface area contributed by atoms with Gasteiger partial charge in [-0.2, -0.15) is 0 Å². The van der Waals surface area contributed by atoms with Crippen LogP contribution >= 0.6 is 0 Å². The molecule has 0 radical (unpaired) electrons. The van der Waals surface area contributed by atoms with Crippen molar-refractivity contribution < 1.29 is 4.74 Å². The third-order valence-corrected chi connectivity index (χ3v) is 3.75. The summed E-state index contributed by atoms with van der Waals surface area (Å²) in [4.78, 5) is 11.1. The Morgan fingerprint density at radius 1 is 1.10 bits per heavy atom. The summed E-state index contributed by atoms with van der Waals surface area (Å²) in [6.45, 7) is 3.54. The topological polar surface area (TPSA) is 38.2 Å². The van der Waals surface area contributed by atoms with Crippen LogP contribution in [0.15, 0.2) is 48.8 Å². The van der Waals surface area contributed by atoms with Crippen molar-refractivity contribution in [2.75, 3.05) is 18.1 Å². The van der Waals surface area contributed by atoms with Crippen LogP contribution < -0.4 is 9.64 Å². The van der Waals surface area contributed by atoms with Crippen LogP contribution in [0.5, 0.6) is 5.75 Å². The van der Waals surface area contributed by atoms with Gasteiger partial charge in [-0.15, -0.1) is 0 Å². The van der Waals surface area contributed by atoms with E-state index in [4.69, 9.17) is 4.74 Å². The molecule has 0 amide bonds. The molecule has 4 heteroatoms. The molecule has 0 spiro atoms. The largest absolute Gasteiger partial charge is 0.490 e. The van der Waals surface area contributed by atoms with Gasteiger partial charge >= 0.3 is 0 Å². The molecule has 104 valence electrons. The highest BCUT2D eigenvalue weighted by Gasteiger charge is 2.21. The molecule has 21 heavy (non-hydrogen) atoms. The molecule has 1 aliphatic heterocycles. The highest BCUT2D eigenvalue weighted by atomic mass is 16.5. The van der Waals surface area contributed by atoms with E-state index in [0.29, 0.717) is 6.61 Å². The number of hydrogen-bond donors (Lipinski definition) is 0. The Balaban J connectivity index is 1.94. The minimum absolute atomic E-state index is 0.661. The minimum atomic E-state index is 0.661. The van der Waals surface area contributed by atoms with E-state index in [0.717, 1.165) is 34.7 Å². The van der Waals surface area contributed by atoms with Crippen molar-refractivity contribution in [2.45, 2.75) is 6.92 Å². The zero-order valence-corrected chi connectivity index (χ0v) is 11.8. The summed E-state index contributed by atoms with van der Waals surface area (Å²) in [5.41, 5.74) is 3.24. The number of nitrogens with zero attached hydrogens (tertiary/aromatic N) is 3. The van der Waals surface area contributed by atoms with Crippen LogP contribution in [0, 0.1) is 6.92 Å². The van der Waals surface area contributed by atoms with Gasteiger partial charge in [0.2, 0.25) is 0 Å². The van der Waals surface area contributed by atoms with Gasteiger partial charge in [0.15, 0.2) is 0 Å². The molecule has 0 saturated heterocycles. The first-order valence-electron chi connectivity index (χ1n) is 7.04. The highest BCUT2D eigenvalue weighted by Crippen LogP contribution is 2.37. The van der Waals surface area contributed by atoms with Crippen LogP contribution in [0.4, 0.5) is 11.5 Å². The summed E-state index contributed by atoms with van der Waals surface area (Å²) >= 11 is 0. The van der Waals surface area contributed by atoms with E-state index in [2.05, 4.69) is 40.0 Å². The summed E-state index contributed by atoms with van der Waals surface area (Å²) < 4.78 is 5.73. The van der Waals surface area contributed by atoms with Gasteiger partial charge < -0.3 is 9.64 Å². The van der Waals surface area contributed by atoms with Crippen molar-refractivity contribution in [2.24, 2.45) is 0 Å². The van der Waals surface area contributed by atoms with Gasteiger partial charge in [0.05, 0.1) is 17.7 Å². The molecule has 3 aromatic rings. The van der Waals surface area contributed by atoms with Gasteiger partial charge in [0, 0.05) is 5.39 Å². The third-order valence-electron chi connectivity index (χ3n) is 3.75. The van der Waals surface area contributed by atoms with E-state index in [1.54, 1.807) is 6.33 Å². The SMILES string of the molecule is Cc1ccc2ncnc(N3CCOc4ccccc43)c2c1. The van der Waals surface area contributed by atoms with Gasteiger partial charge in [0.1, 0.15) is 24.5 Å². The Morgan fingerprint density at radius 2 is 2.00 bits per heavy atom. The molecular weight excluding hydrogens is 262 g/mol. The number of hydrogen-bond acceptors (Lipinski definition) is 4. The van der Waals surface area contributed by atoms with Crippen molar-refractivity contribution in [3.8, 4) is 5.75 Å². The molecule has 4 nitrogen and oxygen atoms in total. The van der Waals surface area contributed by atoms with E-state index < -0.39 is 0 Å². The number of ether oxygens (including phenoxy) is 1. The summed E-state index contributed by atoms with van der Waals surface area (Å²) in [6.07, 6.45) is 1.63. The lowest BCUT2D eigenvalue weighted by Gasteiger charge is -2.30. The number of para-hydroxylation sites is 2. The maximum absolute atomic E-state index is 5.73. The number of fused-ring (bicyclic) bond motifs is 2. The Kier molecular flexibility index (Phi) is 2.74. The van der Waals surface area contributed by atoms with Crippen LogP contribution in [-0.4, -0.2) is 23.1 Å². The fourth-order valence-corrected chi connectivity index (χ4v) is 2.76. The molecule has 0 atom stereocenters. The summed E-state index contributed by atoms with van der Waals surface area (Å²) in [5, 5.41) is 1.08. The molecule has 4 rings (SSSR count). The molecule has 0 fully saturated rings. The Bertz CT molecular complexity index is 816. The maximum Gasteiger partial charge on any atom is 0.144 e. The lowest BCUT2D eigenvalue weighted by atomic mass is 10.1. The normalized spacial score (nSPS) is 13.9. The van der Waals surface area contributed by atoms with Gasteiger partial charge in [-0.05, 0) is 31.2 Å². The number of rotatable bonds is 1. The molecular formula is C17H15N3O. The Morgan fingerprint density at radius 3 is 2.95 bits per heavy atom. The average molecular weight is 277 g/mol. The van der Waals surface area contributed by atoms with Crippen LogP contribution in [0.2, 0.25) is 0 Å². The predicted molar refractivity (Wildman–Crippen MR) is 83.2 cm³/mol. The molecule has 2 heterocycles. The first kappa shape index (κ1) is 12.1. The smallest absolute Gasteiger partial charge is 0.144 e. The molecule has 1 aromatic heterocycles. The number of benzene rings is 2. The van der Waals surface area contributed by atoms with Crippen molar-refractivity contribution in [1.29, 1.82) is 0 Å². The number of aryl methyl sites for hydroxylation is 1. The Hall–Kier alpha value is -2.62. The molecule has 0 unspecified atom stereocenters. The highest BCUT2D eigenvalue weighted by molar-refractivity contribution is 5.92.